The van der Waals surface area contributed by atoms with E-state index in [-0.39, 0.29) is 5.91 Å². The third kappa shape index (κ3) is 6.19. The first-order chi connectivity index (χ1) is 13.6. The van der Waals surface area contributed by atoms with E-state index in [4.69, 9.17) is 5.26 Å². The number of hydrogen-bond acceptors (Lipinski definition) is 4. The molecule has 2 aromatic carbocycles. The second-order valence-electron chi connectivity index (χ2n) is 7.44. The lowest BCUT2D eigenvalue weighted by Gasteiger charge is -2.21. The van der Waals surface area contributed by atoms with Crippen molar-refractivity contribution < 1.29 is 4.79 Å². The minimum atomic E-state index is 0.0190. The molecule has 1 saturated heterocycles. The van der Waals surface area contributed by atoms with Crippen molar-refractivity contribution in [2.24, 2.45) is 0 Å². The molecule has 0 aliphatic carbocycles. The van der Waals surface area contributed by atoms with E-state index in [2.05, 4.69) is 52.4 Å². The Morgan fingerprint density at radius 2 is 1.68 bits per heavy atom. The predicted octanol–water partition coefficient (Wildman–Crippen LogP) is 3.40. The van der Waals surface area contributed by atoms with Crippen LogP contribution in [0.5, 0.6) is 0 Å². The number of anilines is 1. The number of aryl methyl sites for hydroxylation is 1. The van der Waals surface area contributed by atoms with Crippen molar-refractivity contribution in [2.45, 2.75) is 26.3 Å². The molecule has 1 aliphatic rings. The molecule has 1 aliphatic heterocycles. The van der Waals surface area contributed by atoms with E-state index in [9.17, 15) is 4.79 Å². The van der Waals surface area contributed by atoms with E-state index in [0.29, 0.717) is 12.0 Å². The van der Waals surface area contributed by atoms with Gasteiger partial charge < -0.3 is 10.2 Å². The lowest BCUT2D eigenvalue weighted by Crippen LogP contribution is -2.32. The molecule has 0 aromatic heterocycles. The molecule has 0 bridgehead atoms. The molecule has 5 heteroatoms. The third-order valence-corrected chi connectivity index (χ3v) is 5.16. The number of benzene rings is 2. The van der Waals surface area contributed by atoms with Gasteiger partial charge in [-0.3, -0.25) is 9.69 Å². The van der Waals surface area contributed by atoms with Gasteiger partial charge in [-0.1, -0.05) is 29.8 Å². The topological polar surface area (TPSA) is 59.4 Å². The summed E-state index contributed by atoms with van der Waals surface area (Å²) in [6.45, 7) is 8.05. The molecule has 1 amide bonds. The van der Waals surface area contributed by atoms with Gasteiger partial charge in [0, 0.05) is 38.3 Å². The molecule has 28 heavy (non-hydrogen) atoms. The van der Waals surface area contributed by atoms with E-state index < -0.39 is 0 Å². The summed E-state index contributed by atoms with van der Waals surface area (Å²) in [5.74, 6) is 0.0190. The van der Waals surface area contributed by atoms with Crippen LogP contribution < -0.4 is 5.32 Å². The number of amides is 1. The second-order valence-corrected chi connectivity index (χ2v) is 7.44. The van der Waals surface area contributed by atoms with Crippen molar-refractivity contribution in [1.29, 1.82) is 5.26 Å². The summed E-state index contributed by atoms with van der Waals surface area (Å²) in [4.78, 5) is 17.1. The molecule has 0 atom stereocenters. The van der Waals surface area contributed by atoms with Crippen LogP contribution in [0.4, 0.5) is 5.69 Å². The largest absolute Gasteiger partial charge is 0.326 e. The second kappa shape index (κ2) is 10.0. The van der Waals surface area contributed by atoms with Crippen molar-refractivity contribution in [1.82, 2.24) is 9.80 Å². The van der Waals surface area contributed by atoms with Gasteiger partial charge in [0.15, 0.2) is 0 Å². The molecule has 0 spiro atoms. The van der Waals surface area contributed by atoms with Crippen molar-refractivity contribution >= 4 is 11.6 Å². The van der Waals surface area contributed by atoms with Crippen LogP contribution in [0.15, 0.2) is 48.5 Å². The summed E-state index contributed by atoms with van der Waals surface area (Å²) in [6.07, 6.45) is 1.61. The van der Waals surface area contributed by atoms with Gasteiger partial charge in [0.05, 0.1) is 11.6 Å². The zero-order chi connectivity index (χ0) is 19.8. The minimum Gasteiger partial charge on any atom is -0.326 e. The van der Waals surface area contributed by atoms with Gasteiger partial charge in [0.2, 0.25) is 5.91 Å². The van der Waals surface area contributed by atoms with Crippen LogP contribution in [-0.2, 0) is 11.3 Å². The number of carbonyl (C=O) groups excluding carboxylic acids is 1. The molecule has 5 nitrogen and oxygen atoms in total. The summed E-state index contributed by atoms with van der Waals surface area (Å²) in [6, 6.07) is 17.8. The van der Waals surface area contributed by atoms with E-state index in [1.807, 2.05) is 0 Å². The average molecular weight is 377 g/mol. The van der Waals surface area contributed by atoms with Crippen LogP contribution in [0, 0.1) is 18.3 Å². The molecule has 0 unspecified atom stereocenters. The summed E-state index contributed by atoms with van der Waals surface area (Å²) in [5, 5.41) is 11.7. The highest BCUT2D eigenvalue weighted by atomic mass is 16.1. The number of rotatable bonds is 6. The monoisotopic (exact) mass is 376 g/mol. The SMILES string of the molecule is Cc1ccc(CN2CCCN(CCC(=O)Nc3ccc(C#N)cc3)CC2)cc1. The Morgan fingerprint density at radius 1 is 1.00 bits per heavy atom. The van der Waals surface area contributed by atoms with E-state index in [1.54, 1.807) is 24.3 Å². The normalized spacial score (nSPS) is 15.6. The molecular formula is C23H28N4O. The summed E-state index contributed by atoms with van der Waals surface area (Å²) in [7, 11) is 0. The molecule has 3 rings (SSSR count). The number of nitrogens with one attached hydrogen (secondary N) is 1. The Morgan fingerprint density at radius 3 is 2.39 bits per heavy atom. The number of hydrogen-bond donors (Lipinski definition) is 1. The van der Waals surface area contributed by atoms with Crippen molar-refractivity contribution in [3.8, 4) is 6.07 Å². The zero-order valence-corrected chi connectivity index (χ0v) is 16.5. The van der Waals surface area contributed by atoms with Crippen LogP contribution in [0.3, 0.4) is 0 Å². The van der Waals surface area contributed by atoms with Gasteiger partial charge in [-0.2, -0.15) is 5.26 Å². The number of carbonyl (C=O) groups is 1. The molecule has 0 radical (unpaired) electrons. The summed E-state index contributed by atoms with van der Waals surface area (Å²) >= 11 is 0. The van der Waals surface area contributed by atoms with Crippen LogP contribution in [-0.4, -0.2) is 48.4 Å². The standard InChI is InChI=1S/C23H28N4O/c1-19-3-5-21(6-4-19)18-27-13-2-12-26(15-16-27)14-11-23(28)25-22-9-7-20(17-24)8-10-22/h3-10H,2,11-16,18H2,1H3,(H,25,28). The molecule has 2 aromatic rings. The minimum absolute atomic E-state index is 0.0190. The Kier molecular flexibility index (Phi) is 7.18. The smallest absolute Gasteiger partial charge is 0.225 e. The highest BCUT2D eigenvalue weighted by Crippen LogP contribution is 2.12. The predicted molar refractivity (Wildman–Crippen MR) is 112 cm³/mol. The van der Waals surface area contributed by atoms with Crippen LogP contribution in [0.1, 0.15) is 29.5 Å². The first-order valence-corrected chi connectivity index (χ1v) is 9.92. The fraction of sp³-hybridized carbons (Fsp3) is 0.391. The van der Waals surface area contributed by atoms with E-state index >= 15 is 0 Å². The summed E-state index contributed by atoms with van der Waals surface area (Å²) in [5.41, 5.74) is 3.99. The molecule has 0 saturated carbocycles. The average Bonchev–Trinajstić information content (AvgIpc) is 2.94. The Hall–Kier alpha value is -2.68. The Bertz CT molecular complexity index is 808. The van der Waals surface area contributed by atoms with E-state index in [1.165, 1.54) is 11.1 Å². The van der Waals surface area contributed by atoms with Gasteiger partial charge >= 0.3 is 0 Å². The fourth-order valence-corrected chi connectivity index (χ4v) is 3.47. The van der Waals surface area contributed by atoms with Gasteiger partial charge in [-0.15, -0.1) is 0 Å². The van der Waals surface area contributed by atoms with E-state index in [0.717, 1.165) is 51.4 Å². The third-order valence-electron chi connectivity index (χ3n) is 5.16. The fourth-order valence-electron chi connectivity index (χ4n) is 3.47. The molecule has 1 fully saturated rings. The highest BCUT2D eigenvalue weighted by Gasteiger charge is 2.16. The van der Waals surface area contributed by atoms with Crippen molar-refractivity contribution in [3.05, 3.63) is 65.2 Å². The first-order valence-electron chi connectivity index (χ1n) is 9.92. The van der Waals surface area contributed by atoms with Gasteiger partial charge in [-0.05, 0) is 56.3 Å². The highest BCUT2D eigenvalue weighted by molar-refractivity contribution is 5.90. The van der Waals surface area contributed by atoms with Crippen LogP contribution >= 0.6 is 0 Å². The lowest BCUT2D eigenvalue weighted by molar-refractivity contribution is -0.116. The van der Waals surface area contributed by atoms with Crippen LogP contribution in [0.2, 0.25) is 0 Å². The number of nitriles is 1. The maximum Gasteiger partial charge on any atom is 0.225 e. The maximum atomic E-state index is 12.2. The zero-order valence-electron chi connectivity index (χ0n) is 16.5. The molecular weight excluding hydrogens is 348 g/mol. The van der Waals surface area contributed by atoms with Gasteiger partial charge in [0.1, 0.15) is 0 Å². The Labute approximate surface area is 167 Å². The van der Waals surface area contributed by atoms with Crippen LogP contribution in [0.25, 0.3) is 0 Å². The van der Waals surface area contributed by atoms with Crippen molar-refractivity contribution in [3.63, 3.8) is 0 Å². The molecule has 146 valence electrons. The van der Waals surface area contributed by atoms with Gasteiger partial charge in [-0.25, -0.2) is 0 Å². The number of nitrogens with zero attached hydrogens (tertiary/aromatic N) is 3. The quantitative estimate of drug-likeness (QED) is 0.839. The summed E-state index contributed by atoms with van der Waals surface area (Å²) < 4.78 is 0. The van der Waals surface area contributed by atoms with Crippen molar-refractivity contribution in [2.75, 3.05) is 38.0 Å². The first kappa shape index (κ1) is 20.1. The molecule has 1 heterocycles. The van der Waals surface area contributed by atoms with Gasteiger partial charge in [0.25, 0.3) is 0 Å². The maximum absolute atomic E-state index is 12.2. The molecule has 1 N–H and O–H groups in total. The Balaban J connectivity index is 1.41. The lowest BCUT2D eigenvalue weighted by atomic mass is 10.1.